The standard InChI is InChI=1S/C23H32O7/c1-23(18-28-17-16-27-13-10-24,19-2-6-21(7-3-19)29-14-11-25)20-4-8-22(9-5-20)30-15-12-26/h2-9,24-26H,10-18H2,1H3. The van der Waals surface area contributed by atoms with Crippen LogP contribution in [0, 0.1) is 0 Å². The van der Waals surface area contributed by atoms with E-state index < -0.39 is 5.41 Å². The summed E-state index contributed by atoms with van der Waals surface area (Å²) >= 11 is 0. The van der Waals surface area contributed by atoms with Crippen LogP contribution in [-0.2, 0) is 14.9 Å². The van der Waals surface area contributed by atoms with Crippen LogP contribution in [0.4, 0.5) is 0 Å². The summed E-state index contributed by atoms with van der Waals surface area (Å²) in [5.74, 6) is 1.39. The second kappa shape index (κ2) is 13.2. The van der Waals surface area contributed by atoms with Crippen LogP contribution in [0.5, 0.6) is 11.5 Å². The van der Waals surface area contributed by atoms with Crippen LogP contribution in [0.3, 0.4) is 0 Å². The Hall–Kier alpha value is -2.16. The molecule has 7 heteroatoms. The van der Waals surface area contributed by atoms with Gasteiger partial charge in [0.05, 0.1) is 46.2 Å². The number of hydrogen-bond donors (Lipinski definition) is 3. The van der Waals surface area contributed by atoms with E-state index in [0.29, 0.717) is 37.9 Å². The van der Waals surface area contributed by atoms with Crippen molar-refractivity contribution in [2.75, 3.05) is 59.5 Å². The zero-order chi connectivity index (χ0) is 21.7. The highest BCUT2D eigenvalue weighted by Crippen LogP contribution is 2.34. The quantitative estimate of drug-likeness (QED) is 0.378. The predicted molar refractivity (Wildman–Crippen MR) is 113 cm³/mol. The molecule has 30 heavy (non-hydrogen) atoms. The summed E-state index contributed by atoms with van der Waals surface area (Å²) < 4.78 is 22.1. The van der Waals surface area contributed by atoms with Gasteiger partial charge in [0.1, 0.15) is 24.7 Å². The summed E-state index contributed by atoms with van der Waals surface area (Å²) in [5, 5.41) is 26.6. The fraction of sp³-hybridized carbons (Fsp3) is 0.478. The highest BCUT2D eigenvalue weighted by Gasteiger charge is 2.29. The molecule has 0 aliphatic rings. The number of benzene rings is 2. The van der Waals surface area contributed by atoms with E-state index in [-0.39, 0.29) is 33.0 Å². The molecule has 0 fully saturated rings. The Labute approximate surface area is 177 Å². The summed E-state index contributed by atoms with van der Waals surface area (Å²) in [6.45, 7) is 4.11. The van der Waals surface area contributed by atoms with Crippen LogP contribution in [0.2, 0.25) is 0 Å². The molecule has 0 saturated carbocycles. The molecule has 0 spiro atoms. The maximum Gasteiger partial charge on any atom is 0.119 e. The Bertz CT molecular complexity index is 649. The number of aliphatic hydroxyl groups is 3. The molecule has 0 radical (unpaired) electrons. The first-order chi connectivity index (χ1) is 14.6. The highest BCUT2D eigenvalue weighted by atomic mass is 16.5. The van der Waals surface area contributed by atoms with E-state index in [2.05, 4.69) is 6.92 Å². The molecule has 3 N–H and O–H groups in total. The van der Waals surface area contributed by atoms with E-state index in [1.807, 2.05) is 48.5 Å². The Morgan fingerprint density at radius 2 is 1.03 bits per heavy atom. The SMILES string of the molecule is CC(COCCOCCO)(c1ccc(OCCO)cc1)c1ccc(OCCO)cc1. The second-order valence-electron chi connectivity index (χ2n) is 6.91. The first-order valence-corrected chi connectivity index (χ1v) is 10.1. The lowest BCUT2D eigenvalue weighted by atomic mass is 9.77. The number of hydrogen-bond acceptors (Lipinski definition) is 7. The van der Waals surface area contributed by atoms with Gasteiger partial charge in [0, 0.05) is 5.41 Å². The first kappa shape index (κ1) is 24.1. The van der Waals surface area contributed by atoms with Crippen molar-refractivity contribution in [2.24, 2.45) is 0 Å². The van der Waals surface area contributed by atoms with Gasteiger partial charge < -0.3 is 34.3 Å². The molecule has 0 amide bonds. The van der Waals surface area contributed by atoms with Gasteiger partial charge in [0.2, 0.25) is 0 Å². The van der Waals surface area contributed by atoms with E-state index in [1.165, 1.54) is 0 Å². The van der Waals surface area contributed by atoms with Crippen molar-refractivity contribution in [1.82, 2.24) is 0 Å². The van der Waals surface area contributed by atoms with Crippen LogP contribution in [0.15, 0.2) is 48.5 Å². The molecule has 0 aliphatic heterocycles. The molecule has 0 heterocycles. The zero-order valence-corrected chi connectivity index (χ0v) is 17.5. The van der Waals surface area contributed by atoms with E-state index in [9.17, 15) is 0 Å². The molecule has 0 bridgehead atoms. The molecule has 2 aromatic carbocycles. The molecular formula is C23H32O7. The summed E-state index contributed by atoms with van der Waals surface area (Å²) in [4.78, 5) is 0. The lowest BCUT2D eigenvalue weighted by Crippen LogP contribution is -2.30. The smallest absolute Gasteiger partial charge is 0.119 e. The summed E-state index contributed by atoms with van der Waals surface area (Å²) in [7, 11) is 0. The zero-order valence-electron chi connectivity index (χ0n) is 17.5. The van der Waals surface area contributed by atoms with Crippen LogP contribution < -0.4 is 9.47 Å². The van der Waals surface area contributed by atoms with Gasteiger partial charge in [-0.1, -0.05) is 24.3 Å². The number of ether oxygens (including phenoxy) is 4. The Morgan fingerprint density at radius 1 is 0.600 bits per heavy atom. The molecule has 0 aromatic heterocycles. The third-order valence-corrected chi connectivity index (χ3v) is 4.70. The van der Waals surface area contributed by atoms with E-state index in [4.69, 9.17) is 34.3 Å². The normalized spacial score (nSPS) is 11.5. The average molecular weight is 421 g/mol. The molecule has 2 aromatic rings. The fourth-order valence-electron chi connectivity index (χ4n) is 3.06. The molecule has 2 rings (SSSR count). The second-order valence-corrected chi connectivity index (χ2v) is 6.91. The lowest BCUT2D eigenvalue weighted by molar-refractivity contribution is 0.0226. The van der Waals surface area contributed by atoms with Gasteiger partial charge in [-0.05, 0) is 42.3 Å². The summed E-state index contributed by atoms with van der Waals surface area (Å²) in [5.41, 5.74) is 1.68. The van der Waals surface area contributed by atoms with Crippen LogP contribution in [0.1, 0.15) is 18.1 Å². The Morgan fingerprint density at radius 3 is 1.47 bits per heavy atom. The molecule has 166 valence electrons. The topological polar surface area (TPSA) is 97.6 Å². The van der Waals surface area contributed by atoms with Gasteiger partial charge in [-0.3, -0.25) is 0 Å². The van der Waals surface area contributed by atoms with Gasteiger partial charge in [-0.15, -0.1) is 0 Å². The maximum absolute atomic E-state index is 8.92. The minimum absolute atomic E-state index is 0.00683. The molecule has 0 atom stereocenters. The van der Waals surface area contributed by atoms with Crippen LogP contribution >= 0.6 is 0 Å². The molecule has 0 unspecified atom stereocenters. The third-order valence-electron chi connectivity index (χ3n) is 4.70. The Balaban J connectivity index is 2.16. The van der Waals surface area contributed by atoms with Crippen molar-refractivity contribution in [3.63, 3.8) is 0 Å². The first-order valence-electron chi connectivity index (χ1n) is 10.1. The highest BCUT2D eigenvalue weighted by molar-refractivity contribution is 5.42. The molecule has 7 nitrogen and oxygen atoms in total. The van der Waals surface area contributed by atoms with Crippen molar-refractivity contribution < 1.29 is 34.3 Å². The van der Waals surface area contributed by atoms with Crippen molar-refractivity contribution in [1.29, 1.82) is 0 Å². The minimum atomic E-state index is -0.429. The number of rotatable bonds is 15. The van der Waals surface area contributed by atoms with Crippen LogP contribution in [0.25, 0.3) is 0 Å². The Kier molecular flexibility index (Phi) is 10.6. The third kappa shape index (κ3) is 7.27. The van der Waals surface area contributed by atoms with Gasteiger partial charge in [-0.2, -0.15) is 0 Å². The van der Waals surface area contributed by atoms with Crippen LogP contribution in [-0.4, -0.2) is 74.8 Å². The maximum atomic E-state index is 8.92. The van der Waals surface area contributed by atoms with Gasteiger partial charge in [0.15, 0.2) is 0 Å². The monoisotopic (exact) mass is 420 g/mol. The van der Waals surface area contributed by atoms with Gasteiger partial charge in [-0.25, -0.2) is 0 Å². The van der Waals surface area contributed by atoms with E-state index >= 15 is 0 Å². The lowest BCUT2D eigenvalue weighted by Gasteiger charge is -2.31. The number of aliphatic hydroxyl groups excluding tert-OH is 3. The van der Waals surface area contributed by atoms with Crippen molar-refractivity contribution in [3.05, 3.63) is 59.7 Å². The molecule has 0 aliphatic carbocycles. The van der Waals surface area contributed by atoms with Crippen molar-refractivity contribution >= 4 is 0 Å². The van der Waals surface area contributed by atoms with E-state index in [0.717, 1.165) is 11.1 Å². The van der Waals surface area contributed by atoms with Crippen molar-refractivity contribution in [3.8, 4) is 11.5 Å². The average Bonchev–Trinajstić information content (AvgIpc) is 2.79. The summed E-state index contributed by atoms with van der Waals surface area (Å²) in [6, 6.07) is 15.5. The minimum Gasteiger partial charge on any atom is -0.491 e. The molecule has 0 saturated heterocycles. The molecular weight excluding hydrogens is 388 g/mol. The predicted octanol–water partition coefficient (Wildman–Crippen LogP) is 1.76. The fourth-order valence-corrected chi connectivity index (χ4v) is 3.06. The van der Waals surface area contributed by atoms with Gasteiger partial charge in [0.25, 0.3) is 0 Å². The largest absolute Gasteiger partial charge is 0.491 e. The van der Waals surface area contributed by atoms with E-state index in [1.54, 1.807) is 0 Å². The van der Waals surface area contributed by atoms with Gasteiger partial charge >= 0.3 is 0 Å². The summed E-state index contributed by atoms with van der Waals surface area (Å²) in [6.07, 6.45) is 0. The van der Waals surface area contributed by atoms with Crippen molar-refractivity contribution in [2.45, 2.75) is 12.3 Å².